The van der Waals surface area contributed by atoms with Crippen molar-refractivity contribution in [2.24, 2.45) is 0 Å². The zero-order valence-electron chi connectivity index (χ0n) is 17.1. The lowest BCUT2D eigenvalue weighted by atomic mass is 10.0. The average Bonchev–Trinajstić information content (AvgIpc) is 2.56. The van der Waals surface area contributed by atoms with E-state index in [0.717, 1.165) is 12.8 Å². The fourth-order valence-corrected chi connectivity index (χ4v) is 3.35. The number of hydrogen-bond donors (Lipinski definition) is 1. The summed E-state index contributed by atoms with van der Waals surface area (Å²) in [6, 6.07) is 0. The molecular formula is C22H44AlO2. The molecule has 0 aromatic carbocycles. The largest absolute Gasteiger partial charge is 0.481 e. The van der Waals surface area contributed by atoms with Crippen LogP contribution in [0.1, 0.15) is 135 Å². The van der Waals surface area contributed by atoms with Crippen LogP contribution in [0.5, 0.6) is 0 Å². The van der Waals surface area contributed by atoms with Gasteiger partial charge in [0.05, 0.1) is 0 Å². The summed E-state index contributed by atoms with van der Waals surface area (Å²) >= 11 is 0. The molecule has 0 aromatic rings. The number of aliphatic carboxylic acids is 1. The van der Waals surface area contributed by atoms with Gasteiger partial charge < -0.3 is 5.11 Å². The van der Waals surface area contributed by atoms with Crippen LogP contribution >= 0.6 is 0 Å². The highest BCUT2D eigenvalue weighted by Crippen LogP contribution is 2.14. The van der Waals surface area contributed by atoms with Crippen LogP contribution in [-0.4, -0.2) is 28.4 Å². The molecule has 0 saturated carbocycles. The Morgan fingerprint density at radius 1 is 0.520 bits per heavy atom. The Balaban J connectivity index is 0. The molecule has 0 rings (SSSR count). The van der Waals surface area contributed by atoms with Crippen LogP contribution in [0.4, 0.5) is 0 Å². The number of hydrogen-bond acceptors (Lipinski definition) is 1. The summed E-state index contributed by atoms with van der Waals surface area (Å²) in [6.45, 7) is 2.28. The van der Waals surface area contributed by atoms with E-state index in [1.165, 1.54) is 109 Å². The molecule has 147 valence electrons. The summed E-state index contributed by atoms with van der Waals surface area (Å²) in [4.78, 5) is 10.4. The maximum atomic E-state index is 10.4. The van der Waals surface area contributed by atoms with Crippen molar-refractivity contribution in [1.29, 1.82) is 0 Å². The van der Waals surface area contributed by atoms with Gasteiger partial charge in [-0.05, 0) is 6.42 Å². The topological polar surface area (TPSA) is 37.3 Å². The molecule has 0 aliphatic rings. The second-order valence-electron chi connectivity index (χ2n) is 7.51. The molecule has 0 atom stereocenters. The molecule has 2 nitrogen and oxygen atoms in total. The van der Waals surface area contributed by atoms with Gasteiger partial charge in [0, 0.05) is 23.8 Å². The van der Waals surface area contributed by atoms with Crippen LogP contribution in [0.2, 0.25) is 0 Å². The van der Waals surface area contributed by atoms with Crippen LogP contribution in [0, 0.1) is 0 Å². The Labute approximate surface area is 168 Å². The molecule has 0 saturated heterocycles. The highest BCUT2D eigenvalue weighted by molar-refractivity contribution is 5.75. The van der Waals surface area contributed by atoms with Gasteiger partial charge in [-0.1, -0.05) is 122 Å². The highest BCUT2D eigenvalue weighted by Gasteiger charge is 1.97. The molecular weight excluding hydrogens is 323 g/mol. The third-order valence-electron chi connectivity index (χ3n) is 4.99. The van der Waals surface area contributed by atoms with E-state index >= 15 is 0 Å². The first-order valence-corrected chi connectivity index (χ1v) is 11.0. The summed E-state index contributed by atoms with van der Waals surface area (Å²) in [5, 5.41) is 8.56. The molecule has 0 spiro atoms. The first-order valence-electron chi connectivity index (χ1n) is 11.0. The molecule has 25 heavy (non-hydrogen) atoms. The summed E-state index contributed by atoms with van der Waals surface area (Å²) < 4.78 is 0. The van der Waals surface area contributed by atoms with Gasteiger partial charge in [0.25, 0.3) is 0 Å². The minimum atomic E-state index is -0.651. The van der Waals surface area contributed by atoms with Crippen molar-refractivity contribution >= 4 is 23.3 Å². The number of carboxylic acid groups (broad SMARTS) is 1. The van der Waals surface area contributed by atoms with Crippen molar-refractivity contribution in [2.45, 2.75) is 135 Å². The van der Waals surface area contributed by atoms with E-state index in [-0.39, 0.29) is 17.4 Å². The predicted molar refractivity (Wildman–Crippen MR) is 111 cm³/mol. The maximum Gasteiger partial charge on any atom is 0.303 e. The summed E-state index contributed by atoms with van der Waals surface area (Å²) in [7, 11) is 0. The lowest BCUT2D eigenvalue weighted by Gasteiger charge is -2.03. The standard InChI is InChI=1S/C22H44O2.Al/c1-2-3-4-5-6-7-8-9-10-11-12-13-14-15-16-17-18-19-20-21-22(23)24;/h2-21H2,1H3,(H,23,24);. The van der Waals surface area contributed by atoms with E-state index in [1.54, 1.807) is 0 Å². The fraction of sp³-hybridized carbons (Fsp3) is 0.955. The van der Waals surface area contributed by atoms with E-state index in [9.17, 15) is 4.79 Å². The van der Waals surface area contributed by atoms with E-state index in [0.29, 0.717) is 6.42 Å². The number of rotatable bonds is 20. The molecule has 0 aromatic heterocycles. The lowest BCUT2D eigenvalue weighted by Crippen LogP contribution is -1.93. The Morgan fingerprint density at radius 3 is 1.00 bits per heavy atom. The summed E-state index contributed by atoms with van der Waals surface area (Å²) in [6.07, 6.45) is 26.1. The van der Waals surface area contributed by atoms with Crippen LogP contribution < -0.4 is 0 Å². The minimum Gasteiger partial charge on any atom is -0.481 e. The number of carbonyl (C=O) groups is 1. The van der Waals surface area contributed by atoms with Crippen molar-refractivity contribution < 1.29 is 9.90 Å². The van der Waals surface area contributed by atoms with Gasteiger partial charge in [0.2, 0.25) is 0 Å². The highest BCUT2D eigenvalue weighted by atomic mass is 27.0. The van der Waals surface area contributed by atoms with Gasteiger partial charge in [-0.25, -0.2) is 0 Å². The Kier molecular flexibility index (Phi) is 26.1. The van der Waals surface area contributed by atoms with E-state index in [4.69, 9.17) is 5.11 Å². The molecule has 0 unspecified atom stereocenters. The first kappa shape index (κ1) is 27.2. The molecule has 0 aliphatic heterocycles. The van der Waals surface area contributed by atoms with Gasteiger partial charge in [0.15, 0.2) is 0 Å². The minimum absolute atomic E-state index is 0. The van der Waals surface area contributed by atoms with E-state index < -0.39 is 5.97 Å². The smallest absolute Gasteiger partial charge is 0.303 e. The van der Waals surface area contributed by atoms with Crippen LogP contribution in [0.3, 0.4) is 0 Å². The lowest BCUT2D eigenvalue weighted by molar-refractivity contribution is -0.137. The second kappa shape index (κ2) is 24.0. The zero-order valence-corrected chi connectivity index (χ0v) is 18.2. The van der Waals surface area contributed by atoms with Gasteiger partial charge in [0.1, 0.15) is 0 Å². The van der Waals surface area contributed by atoms with Gasteiger partial charge in [-0.2, -0.15) is 0 Å². The molecule has 0 fully saturated rings. The van der Waals surface area contributed by atoms with Crippen molar-refractivity contribution in [3.05, 3.63) is 0 Å². The van der Waals surface area contributed by atoms with Crippen LogP contribution in [0.25, 0.3) is 0 Å². The Hall–Kier alpha value is 0.00247. The quantitative estimate of drug-likeness (QED) is 0.178. The fourth-order valence-electron chi connectivity index (χ4n) is 3.35. The predicted octanol–water partition coefficient (Wildman–Crippen LogP) is 7.51. The number of unbranched alkanes of at least 4 members (excludes halogenated alkanes) is 18. The second-order valence-corrected chi connectivity index (χ2v) is 7.51. The van der Waals surface area contributed by atoms with Crippen LogP contribution in [0.15, 0.2) is 0 Å². The monoisotopic (exact) mass is 367 g/mol. The average molecular weight is 368 g/mol. The Bertz CT molecular complexity index is 256. The summed E-state index contributed by atoms with van der Waals surface area (Å²) in [5.41, 5.74) is 0. The number of carboxylic acids is 1. The van der Waals surface area contributed by atoms with Gasteiger partial charge in [-0.15, -0.1) is 0 Å². The van der Waals surface area contributed by atoms with Crippen molar-refractivity contribution in [3.8, 4) is 0 Å². The third-order valence-corrected chi connectivity index (χ3v) is 4.99. The molecule has 0 aliphatic carbocycles. The first-order chi connectivity index (χ1) is 11.8. The third kappa shape index (κ3) is 26.3. The molecule has 1 N–H and O–H groups in total. The zero-order chi connectivity index (χ0) is 17.7. The van der Waals surface area contributed by atoms with Crippen LogP contribution in [-0.2, 0) is 4.79 Å². The van der Waals surface area contributed by atoms with Gasteiger partial charge >= 0.3 is 5.97 Å². The van der Waals surface area contributed by atoms with E-state index in [2.05, 4.69) is 6.92 Å². The SMILES string of the molecule is CCCCCCCCCCCCCCCCCCCCCC(=O)O.[Al]. The molecule has 0 bridgehead atoms. The molecule has 3 radical (unpaired) electrons. The van der Waals surface area contributed by atoms with E-state index in [1.807, 2.05) is 0 Å². The normalized spacial score (nSPS) is 10.6. The summed E-state index contributed by atoms with van der Waals surface area (Å²) in [5.74, 6) is -0.651. The van der Waals surface area contributed by atoms with Gasteiger partial charge in [-0.3, -0.25) is 4.79 Å². The van der Waals surface area contributed by atoms with Crippen molar-refractivity contribution in [2.75, 3.05) is 0 Å². The van der Waals surface area contributed by atoms with Crippen molar-refractivity contribution in [1.82, 2.24) is 0 Å². The van der Waals surface area contributed by atoms with Crippen molar-refractivity contribution in [3.63, 3.8) is 0 Å². The molecule has 0 amide bonds. The molecule has 3 heteroatoms. The molecule has 0 heterocycles. The Morgan fingerprint density at radius 2 is 0.760 bits per heavy atom. The maximum absolute atomic E-state index is 10.4.